The summed E-state index contributed by atoms with van der Waals surface area (Å²) in [5.41, 5.74) is 2.18. The molecule has 1 N–H and O–H groups in total. The van der Waals surface area contributed by atoms with Crippen LogP contribution in [0.1, 0.15) is 26.0 Å². The number of furan rings is 1. The minimum absolute atomic E-state index is 0.766. The summed E-state index contributed by atoms with van der Waals surface area (Å²) >= 11 is 0. The summed E-state index contributed by atoms with van der Waals surface area (Å²) in [6.45, 7) is 6.94. The van der Waals surface area contributed by atoms with Gasteiger partial charge in [0.15, 0.2) is 0 Å². The first-order chi connectivity index (χ1) is 9.33. The molecular weight excluding hydrogens is 238 g/mol. The smallest absolute Gasteiger partial charge is 0.123 e. The summed E-state index contributed by atoms with van der Waals surface area (Å²) in [7, 11) is 0. The molecule has 0 aliphatic carbocycles. The Kier molecular flexibility index (Phi) is 4.84. The zero-order valence-corrected chi connectivity index (χ0v) is 11.6. The molecule has 19 heavy (non-hydrogen) atoms. The molecule has 2 aromatic rings. The van der Waals surface area contributed by atoms with Gasteiger partial charge in [0.05, 0.1) is 36.6 Å². The Hall–Kier alpha value is -1.97. The van der Waals surface area contributed by atoms with E-state index in [-0.39, 0.29) is 0 Å². The second-order valence-electron chi connectivity index (χ2n) is 4.45. The van der Waals surface area contributed by atoms with Crippen LogP contribution in [0.5, 0.6) is 0 Å². The van der Waals surface area contributed by atoms with Gasteiger partial charge in [-0.15, -0.1) is 0 Å². The number of hydrogen-bond donors (Lipinski definition) is 1. The number of hydrogen-bond acceptors (Lipinski definition) is 4. The molecule has 2 aromatic heterocycles. The van der Waals surface area contributed by atoms with Crippen LogP contribution >= 0.6 is 0 Å². The molecule has 0 spiro atoms. The van der Waals surface area contributed by atoms with Crippen molar-refractivity contribution in [3.8, 4) is 0 Å². The molecule has 0 fully saturated rings. The van der Waals surface area contributed by atoms with Crippen molar-refractivity contribution in [3.63, 3.8) is 0 Å². The van der Waals surface area contributed by atoms with Crippen LogP contribution in [0.2, 0.25) is 0 Å². The van der Waals surface area contributed by atoms with Crippen molar-refractivity contribution >= 4 is 11.4 Å². The third kappa shape index (κ3) is 3.74. The third-order valence-electron chi connectivity index (χ3n) is 2.98. The van der Waals surface area contributed by atoms with E-state index in [9.17, 15) is 0 Å². The van der Waals surface area contributed by atoms with Crippen molar-refractivity contribution in [2.45, 2.75) is 26.8 Å². The number of pyridine rings is 1. The predicted molar refractivity (Wildman–Crippen MR) is 78.4 cm³/mol. The van der Waals surface area contributed by atoms with Crippen molar-refractivity contribution < 1.29 is 4.42 Å². The SMILES string of the molecule is CCCNc1cncc(N(CC)Cc2ccco2)c1. The van der Waals surface area contributed by atoms with E-state index in [1.165, 1.54) is 0 Å². The zero-order chi connectivity index (χ0) is 13.5. The van der Waals surface area contributed by atoms with Gasteiger partial charge in [0.1, 0.15) is 5.76 Å². The van der Waals surface area contributed by atoms with E-state index in [1.807, 2.05) is 24.5 Å². The highest BCUT2D eigenvalue weighted by molar-refractivity contribution is 5.55. The lowest BCUT2D eigenvalue weighted by atomic mass is 10.3. The standard InChI is InChI=1S/C15H21N3O/c1-3-7-17-13-9-14(11-16-10-13)18(4-2)12-15-6-5-8-19-15/h5-6,8-11,17H,3-4,7,12H2,1-2H3. The van der Waals surface area contributed by atoms with Crippen molar-refractivity contribution in [3.05, 3.63) is 42.6 Å². The lowest BCUT2D eigenvalue weighted by molar-refractivity contribution is 0.503. The monoisotopic (exact) mass is 259 g/mol. The molecule has 0 saturated carbocycles. The lowest BCUT2D eigenvalue weighted by Gasteiger charge is -2.22. The Morgan fingerprint density at radius 1 is 1.32 bits per heavy atom. The second-order valence-corrected chi connectivity index (χ2v) is 4.45. The highest BCUT2D eigenvalue weighted by atomic mass is 16.3. The van der Waals surface area contributed by atoms with Gasteiger partial charge >= 0.3 is 0 Å². The largest absolute Gasteiger partial charge is 0.467 e. The van der Waals surface area contributed by atoms with Crippen molar-refractivity contribution in [2.75, 3.05) is 23.3 Å². The topological polar surface area (TPSA) is 41.3 Å². The fraction of sp³-hybridized carbons (Fsp3) is 0.400. The highest BCUT2D eigenvalue weighted by Crippen LogP contribution is 2.20. The predicted octanol–water partition coefficient (Wildman–Crippen LogP) is 3.52. The summed E-state index contributed by atoms with van der Waals surface area (Å²) in [4.78, 5) is 6.54. The van der Waals surface area contributed by atoms with Crippen LogP contribution in [-0.4, -0.2) is 18.1 Å². The average molecular weight is 259 g/mol. The first-order valence-corrected chi connectivity index (χ1v) is 6.79. The molecule has 0 amide bonds. The van der Waals surface area contributed by atoms with Crippen LogP contribution in [-0.2, 0) is 6.54 Å². The van der Waals surface area contributed by atoms with Crippen LogP contribution in [0.3, 0.4) is 0 Å². The first kappa shape index (κ1) is 13.5. The molecule has 4 nitrogen and oxygen atoms in total. The molecule has 0 bridgehead atoms. The van der Waals surface area contributed by atoms with E-state index in [4.69, 9.17) is 4.42 Å². The number of rotatable bonds is 7. The fourth-order valence-corrected chi connectivity index (χ4v) is 1.94. The number of nitrogens with zero attached hydrogens (tertiary/aromatic N) is 2. The van der Waals surface area contributed by atoms with E-state index in [2.05, 4.69) is 35.1 Å². The lowest BCUT2D eigenvalue weighted by Crippen LogP contribution is -2.22. The number of nitrogens with one attached hydrogen (secondary N) is 1. The van der Waals surface area contributed by atoms with E-state index in [0.29, 0.717) is 0 Å². The van der Waals surface area contributed by atoms with E-state index in [0.717, 1.165) is 43.2 Å². The Labute approximate surface area is 114 Å². The van der Waals surface area contributed by atoms with Gasteiger partial charge in [0, 0.05) is 13.1 Å². The summed E-state index contributed by atoms with van der Waals surface area (Å²) in [6.07, 6.45) is 6.57. The zero-order valence-electron chi connectivity index (χ0n) is 11.6. The van der Waals surface area contributed by atoms with Crippen molar-refractivity contribution in [1.82, 2.24) is 4.98 Å². The Bertz CT molecular complexity index is 482. The van der Waals surface area contributed by atoms with Gasteiger partial charge in [-0.1, -0.05) is 6.92 Å². The van der Waals surface area contributed by atoms with Gasteiger partial charge in [-0.25, -0.2) is 0 Å². The van der Waals surface area contributed by atoms with E-state index < -0.39 is 0 Å². The van der Waals surface area contributed by atoms with Crippen LogP contribution in [0.4, 0.5) is 11.4 Å². The fourth-order valence-electron chi connectivity index (χ4n) is 1.94. The number of anilines is 2. The maximum absolute atomic E-state index is 5.40. The molecule has 2 rings (SSSR count). The Balaban J connectivity index is 2.09. The minimum Gasteiger partial charge on any atom is -0.467 e. The molecule has 4 heteroatoms. The molecule has 2 heterocycles. The summed E-state index contributed by atoms with van der Waals surface area (Å²) < 4.78 is 5.40. The molecule has 0 unspecified atom stereocenters. The van der Waals surface area contributed by atoms with Crippen LogP contribution < -0.4 is 10.2 Å². The second kappa shape index (κ2) is 6.83. The Morgan fingerprint density at radius 3 is 2.89 bits per heavy atom. The highest BCUT2D eigenvalue weighted by Gasteiger charge is 2.08. The molecule has 102 valence electrons. The van der Waals surface area contributed by atoms with Gasteiger partial charge in [0.25, 0.3) is 0 Å². The first-order valence-electron chi connectivity index (χ1n) is 6.79. The molecular formula is C15H21N3O. The van der Waals surface area contributed by atoms with Crippen molar-refractivity contribution in [2.24, 2.45) is 0 Å². The van der Waals surface area contributed by atoms with Gasteiger partial charge in [-0.3, -0.25) is 4.98 Å². The van der Waals surface area contributed by atoms with E-state index >= 15 is 0 Å². The minimum atomic E-state index is 0.766. The molecule has 0 aliphatic heterocycles. The third-order valence-corrected chi connectivity index (χ3v) is 2.98. The van der Waals surface area contributed by atoms with E-state index in [1.54, 1.807) is 6.26 Å². The molecule has 0 aliphatic rings. The van der Waals surface area contributed by atoms with Gasteiger partial charge in [-0.2, -0.15) is 0 Å². The molecule has 0 saturated heterocycles. The van der Waals surface area contributed by atoms with Crippen LogP contribution in [0.25, 0.3) is 0 Å². The summed E-state index contributed by atoms with van der Waals surface area (Å²) in [5, 5.41) is 3.36. The van der Waals surface area contributed by atoms with Crippen LogP contribution in [0, 0.1) is 0 Å². The van der Waals surface area contributed by atoms with Gasteiger partial charge < -0.3 is 14.6 Å². The maximum Gasteiger partial charge on any atom is 0.123 e. The summed E-state index contributed by atoms with van der Waals surface area (Å²) in [6, 6.07) is 6.05. The molecule has 0 atom stereocenters. The molecule has 0 aromatic carbocycles. The maximum atomic E-state index is 5.40. The summed E-state index contributed by atoms with van der Waals surface area (Å²) in [5.74, 6) is 0.966. The quantitative estimate of drug-likeness (QED) is 0.826. The normalized spacial score (nSPS) is 10.4. The van der Waals surface area contributed by atoms with Gasteiger partial charge in [0.2, 0.25) is 0 Å². The van der Waals surface area contributed by atoms with Gasteiger partial charge in [-0.05, 0) is 31.5 Å². The van der Waals surface area contributed by atoms with Crippen LogP contribution in [0.15, 0.2) is 41.3 Å². The number of aromatic nitrogens is 1. The average Bonchev–Trinajstić information content (AvgIpc) is 2.96. The molecule has 0 radical (unpaired) electrons. The van der Waals surface area contributed by atoms with Crippen molar-refractivity contribution in [1.29, 1.82) is 0 Å². The Morgan fingerprint density at radius 2 is 2.21 bits per heavy atom.